The van der Waals surface area contributed by atoms with E-state index in [1.807, 2.05) is 6.20 Å². The van der Waals surface area contributed by atoms with Gasteiger partial charge in [-0.2, -0.15) is 0 Å². The number of aromatic nitrogens is 3. The maximum atomic E-state index is 7.10. The predicted molar refractivity (Wildman–Crippen MR) is 391 cm³/mol. The number of fused-ring (bicyclic) bond motifs is 10. The number of hydrogen-bond acceptors (Lipinski definition) is 3. The molecule has 444 valence electrons. The molecule has 0 saturated heterocycles. The predicted octanol–water partition coefficient (Wildman–Crippen LogP) is 19.9. The first-order valence-electron chi connectivity index (χ1n) is 32.1. The van der Waals surface area contributed by atoms with Gasteiger partial charge in [0.25, 0.3) is 0 Å². The third-order valence-electron chi connectivity index (χ3n) is 19.1. The maximum absolute atomic E-state index is 7.10. The van der Waals surface area contributed by atoms with Crippen LogP contribution in [-0.4, -0.2) is 27.4 Å². The Morgan fingerprint density at radius 1 is 0.359 bits per heavy atom. The summed E-state index contributed by atoms with van der Waals surface area (Å²) in [7, 11) is 0. The number of anilines is 2. The van der Waals surface area contributed by atoms with Gasteiger partial charge in [-0.25, -0.2) is 4.98 Å². The van der Waals surface area contributed by atoms with Crippen molar-refractivity contribution < 1.29 is 4.74 Å². The van der Waals surface area contributed by atoms with Gasteiger partial charge in [0.1, 0.15) is 11.6 Å². The van der Waals surface area contributed by atoms with Crippen molar-refractivity contribution in [3.8, 4) is 39.6 Å². The van der Waals surface area contributed by atoms with E-state index in [4.69, 9.17) is 9.72 Å². The molecule has 0 fully saturated rings. The molecule has 0 amide bonds. The molecule has 92 heavy (non-hydrogen) atoms. The molecule has 6 heteroatoms. The van der Waals surface area contributed by atoms with E-state index in [1.54, 1.807) is 0 Å². The second-order valence-electron chi connectivity index (χ2n) is 26.7. The number of benzene rings is 12. The van der Waals surface area contributed by atoms with E-state index in [1.165, 1.54) is 94.3 Å². The van der Waals surface area contributed by atoms with Crippen LogP contribution in [0, 0.1) is 0 Å². The van der Waals surface area contributed by atoms with E-state index in [2.05, 4.69) is 353 Å². The summed E-state index contributed by atoms with van der Waals surface area (Å²) >= 11 is -3.81. The van der Waals surface area contributed by atoms with Gasteiger partial charge in [-0.05, 0) is 58.5 Å². The van der Waals surface area contributed by atoms with Crippen molar-refractivity contribution in [2.24, 2.45) is 0 Å². The standard InChI is InChI=1S/C86H70GeN4O/c1-85(2,3)61-48-49-88-82(54-61)91-79-47-44-59(58-26-11-7-12-27-58)52-78(79)75-46-45-69(56-81(75)91)92-68-35-23-34-67(55-68)89-57-90-83-70(40-24-41-76(83)73-38-21-19-36-71(73)72-37-20-22-39-74(72)77-42-25-43-80(89)84(77)90)60-50-62(86(4,5)6)53-66(51-60)87(63-28-13-8-14-29-63,64-30-15-9-16-31-64)65-32-17-10-18-33-65/h7-56H,57H2,1-6H3. The molecule has 0 unspecified atom stereocenters. The average molecular weight is 1250 g/mol. The Labute approximate surface area is 540 Å². The zero-order chi connectivity index (χ0) is 62.3. The second-order valence-corrected chi connectivity index (χ2v) is 34.7. The molecular weight excluding hydrogens is 1180 g/mol. The molecule has 4 heterocycles. The Morgan fingerprint density at radius 3 is 1.54 bits per heavy atom. The number of nitrogens with zero attached hydrogens (tertiary/aromatic N) is 4. The fourth-order valence-corrected chi connectivity index (χ4v) is 24.7. The molecule has 0 spiro atoms. The van der Waals surface area contributed by atoms with E-state index in [9.17, 15) is 0 Å². The molecule has 0 radical (unpaired) electrons. The summed E-state index contributed by atoms with van der Waals surface area (Å²) in [5.74, 6) is 2.37. The molecule has 3 aromatic heterocycles. The topological polar surface area (TPSA) is 35.2 Å². The Kier molecular flexibility index (Phi) is 13.9. The minimum atomic E-state index is -3.81. The van der Waals surface area contributed by atoms with Gasteiger partial charge in [-0.15, -0.1) is 0 Å². The van der Waals surface area contributed by atoms with Crippen molar-refractivity contribution in [1.29, 1.82) is 0 Å². The van der Waals surface area contributed by atoms with Gasteiger partial charge in [-0.3, -0.25) is 4.57 Å². The fourth-order valence-electron chi connectivity index (χ4n) is 14.6. The Balaban J connectivity index is 0.900. The van der Waals surface area contributed by atoms with Crippen LogP contribution < -0.4 is 27.2 Å². The normalized spacial score (nSPS) is 12.6. The van der Waals surface area contributed by atoms with Crippen LogP contribution in [-0.2, 0) is 17.5 Å². The van der Waals surface area contributed by atoms with Crippen molar-refractivity contribution in [2.75, 3.05) is 4.90 Å². The van der Waals surface area contributed by atoms with Gasteiger partial charge < -0.3 is 0 Å². The first kappa shape index (κ1) is 56.7. The van der Waals surface area contributed by atoms with Gasteiger partial charge in [0, 0.05) is 23.0 Å². The van der Waals surface area contributed by atoms with Gasteiger partial charge in [0.15, 0.2) is 0 Å². The molecular formula is C86H70GeN4O. The van der Waals surface area contributed by atoms with Crippen LogP contribution in [0.15, 0.2) is 303 Å². The third-order valence-corrected chi connectivity index (χ3v) is 29.1. The second kappa shape index (κ2) is 22.5. The van der Waals surface area contributed by atoms with E-state index in [-0.39, 0.29) is 10.8 Å². The number of pyridine rings is 1. The number of ether oxygens (including phenoxy) is 1. The van der Waals surface area contributed by atoms with Crippen molar-refractivity contribution >= 4 is 107 Å². The molecule has 0 aliphatic carbocycles. The van der Waals surface area contributed by atoms with Gasteiger partial charge >= 0.3 is 373 Å². The SMILES string of the molecule is CC(C)(C)c1cc(-c2cccc3c4ccccc4c4ccccc4c4cccc5c4n(c23)CN5c2cccc(Oc3ccc4c5cc(-c6ccccc6)ccc5n(-c5cc(C(C)(C)C)ccn5)c4c3)c2)c[c]([Ge]([c]2ccccc2)([c]2ccccc2)[c]2ccccc2)c1. The minimum absolute atomic E-state index is 0.0618. The van der Waals surface area contributed by atoms with Crippen LogP contribution in [0.4, 0.5) is 11.4 Å². The zero-order valence-corrected chi connectivity index (χ0v) is 54.9. The molecule has 5 nitrogen and oxygen atoms in total. The average Bonchev–Trinajstić information content (AvgIpc) is 1.29. The van der Waals surface area contributed by atoms with Crippen LogP contribution >= 0.6 is 0 Å². The van der Waals surface area contributed by atoms with Crippen LogP contribution in [0.1, 0.15) is 52.7 Å². The van der Waals surface area contributed by atoms with Crippen molar-refractivity contribution in [1.82, 2.24) is 14.1 Å². The van der Waals surface area contributed by atoms with E-state index in [0.29, 0.717) is 6.67 Å². The van der Waals surface area contributed by atoms with E-state index >= 15 is 0 Å². The summed E-state index contributed by atoms with van der Waals surface area (Å²) in [6.45, 7) is 14.4. The van der Waals surface area contributed by atoms with Crippen molar-refractivity contribution in [3.63, 3.8) is 0 Å². The van der Waals surface area contributed by atoms with Crippen LogP contribution in [0.5, 0.6) is 11.5 Å². The summed E-state index contributed by atoms with van der Waals surface area (Å²) in [6, 6.07) is 111. The summed E-state index contributed by atoms with van der Waals surface area (Å²) in [4.78, 5) is 7.53. The summed E-state index contributed by atoms with van der Waals surface area (Å²) in [5, 5.41) is 9.47. The van der Waals surface area contributed by atoms with Gasteiger partial charge in [-0.1, -0.05) is 57.2 Å². The van der Waals surface area contributed by atoms with E-state index < -0.39 is 13.3 Å². The Hall–Kier alpha value is -10.5. The third kappa shape index (κ3) is 9.64. The van der Waals surface area contributed by atoms with Crippen molar-refractivity contribution in [3.05, 3.63) is 315 Å². The monoisotopic (exact) mass is 1250 g/mol. The van der Waals surface area contributed by atoms with Gasteiger partial charge in [0.2, 0.25) is 0 Å². The quantitative estimate of drug-likeness (QED) is 0.128. The molecule has 1 aliphatic rings. The number of hydrogen-bond donors (Lipinski definition) is 0. The number of rotatable bonds is 10. The van der Waals surface area contributed by atoms with Crippen LogP contribution in [0.25, 0.3) is 93.2 Å². The first-order valence-corrected chi connectivity index (χ1v) is 36.3. The molecule has 0 saturated carbocycles. The molecule has 1 aliphatic heterocycles. The zero-order valence-electron chi connectivity index (χ0n) is 52.8. The van der Waals surface area contributed by atoms with Crippen LogP contribution in [0.3, 0.4) is 0 Å². The Morgan fingerprint density at radius 2 is 0.913 bits per heavy atom. The molecule has 0 atom stereocenters. The molecule has 15 aromatic rings. The van der Waals surface area contributed by atoms with E-state index in [0.717, 1.165) is 50.5 Å². The molecule has 16 rings (SSSR count). The van der Waals surface area contributed by atoms with Gasteiger partial charge in [0.05, 0.1) is 11.0 Å². The first-order chi connectivity index (χ1) is 44.9. The summed E-state index contributed by atoms with van der Waals surface area (Å²) in [5.41, 5.74) is 13.7. The number of para-hydroxylation sites is 2. The van der Waals surface area contributed by atoms with Crippen LogP contribution in [0.2, 0.25) is 0 Å². The summed E-state index contributed by atoms with van der Waals surface area (Å²) in [6.07, 6.45) is 1.94. The van der Waals surface area contributed by atoms with Crippen molar-refractivity contribution in [2.45, 2.75) is 59.0 Å². The summed E-state index contributed by atoms with van der Waals surface area (Å²) < 4.78 is 17.6. The molecule has 0 N–H and O–H groups in total. The molecule has 0 bridgehead atoms. The Bertz CT molecular complexity index is 5330. The fraction of sp³-hybridized carbons (Fsp3) is 0.105. The molecule has 12 aromatic carbocycles.